The molecule has 0 aliphatic heterocycles. The summed E-state index contributed by atoms with van der Waals surface area (Å²) in [5.74, 6) is 1.98. The molecular formula is C18H24N2O. The van der Waals surface area contributed by atoms with Crippen molar-refractivity contribution in [2.24, 2.45) is 5.73 Å². The maximum Gasteiger partial charge on any atom is 0.219 e. The van der Waals surface area contributed by atoms with Crippen LogP contribution in [0.25, 0.3) is 0 Å². The predicted octanol–water partition coefficient (Wildman–Crippen LogP) is 4.41. The monoisotopic (exact) mass is 284 g/mol. The van der Waals surface area contributed by atoms with Gasteiger partial charge in [-0.25, -0.2) is 4.98 Å². The SMILES string of the molecule is CCc1cc(CN)cc(Oc2ccccc2C(C)CC)n1. The molecule has 0 spiro atoms. The number of hydrogen-bond acceptors (Lipinski definition) is 3. The summed E-state index contributed by atoms with van der Waals surface area (Å²) in [6.07, 6.45) is 1.95. The maximum absolute atomic E-state index is 6.05. The van der Waals surface area contributed by atoms with Crippen LogP contribution in [0.3, 0.4) is 0 Å². The van der Waals surface area contributed by atoms with Crippen molar-refractivity contribution in [3.05, 3.63) is 53.2 Å². The number of pyridine rings is 1. The number of hydrogen-bond donors (Lipinski definition) is 1. The highest BCUT2D eigenvalue weighted by atomic mass is 16.5. The van der Waals surface area contributed by atoms with Gasteiger partial charge in [-0.05, 0) is 42.0 Å². The van der Waals surface area contributed by atoms with Gasteiger partial charge in [0.15, 0.2) is 0 Å². The van der Waals surface area contributed by atoms with Crippen LogP contribution in [0.5, 0.6) is 11.6 Å². The zero-order valence-electron chi connectivity index (χ0n) is 13.1. The first-order valence-electron chi connectivity index (χ1n) is 7.64. The van der Waals surface area contributed by atoms with Gasteiger partial charge in [0, 0.05) is 18.3 Å². The Morgan fingerprint density at radius 1 is 1.19 bits per heavy atom. The summed E-state index contributed by atoms with van der Waals surface area (Å²) < 4.78 is 6.05. The molecule has 21 heavy (non-hydrogen) atoms. The molecular weight excluding hydrogens is 260 g/mol. The third-order valence-corrected chi connectivity index (χ3v) is 3.79. The van der Waals surface area contributed by atoms with Crippen molar-refractivity contribution in [3.8, 4) is 11.6 Å². The third-order valence-electron chi connectivity index (χ3n) is 3.79. The first-order chi connectivity index (χ1) is 10.2. The molecule has 3 heteroatoms. The van der Waals surface area contributed by atoms with E-state index in [-0.39, 0.29) is 0 Å². The molecule has 0 amide bonds. The summed E-state index contributed by atoms with van der Waals surface area (Å²) in [6.45, 7) is 6.98. The van der Waals surface area contributed by atoms with Gasteiger partial charge in [0.25, 0.3) is 0 Å². The molecule has 112 valence electrons. The number of nitrogens with two attached hydrogens (primary N) is 1. The molecule has 0 radical (unpaired) electrons. The van der Waals surface area contributed by atoms with E-state index in [2.05, 4.69) is 37.9 Å². The van der Waals surface area contributed by atoms with Crippen LogP contribution in [0, 0.1) is 0 Å². The molecule has 0 aliphatic rings. The lowest BCUT2D eigenvalue weighted by atomic mass is 9.98. The Balaban J connectivity index is 2.34. The van der Waals surface area contributed by atoms with Crippen molar-refractivity contribution in [2.45, 2.75) is 46.1 Å². The van der Waals surface area contributed by atoms with Crippen LogP contribution in [0.4, 0.5) is 0 Å². The molecule has 1 unspecified atom stereocenters. The lowest BCUT2D eigenvalue weighted by Gasteiger charge is -2.15. The maximum atomic E-state index is 6.05. The molecule has 0 saturated heterocycles. The summed E-state index contributed by atoms with van der Waals surface area (Å²) in [4.78, 5) is 4.54. The van der Waals surface area contributed by atoms with E-state index >= 15 is 0 Å². The Bertz CT molecular complexity index is 573. The smallest absolute Gasteiger partial charge is 0.219 e. The highest BCUT2D eigenvalue weighted by Gasteiger charge is 2.11. The number of aromatic nitrogens is 1. The number of aryl methyl sites for hydroxylation is 1. The summed E-state index contributed by atoms with van der Waals surface area (Å²) >= 11 is 0. The Hall–Kier alpha value is -1.87. The second kappa shape index (κ2) is 7.23. The quantitative estimate of drug-likeness (QED) is 0.854. The summed E-state index contributed by atoms with van der Waals surface area (Å²) in [7, 11) is 0. The van der Waals surface area contributed by atoms with Gasteiger partial charge in [0.05, 0.1) is 0 Å². The van der Waals surface area contributed by atoms with Crippen LogP contribution >= 0.6 is 0 Å². The van der Waals surface area contributed by atoms with E-state index in [1.807, 2.05) is 24.3 Å². The molecule has 3 nitrogen and oxygen atoms in total. The molecule has 0 fully saturated rings. The Labute approximate surface area is 127 Å². The fourth-order valence-corrected chi connectivity index (χ4v) is 2.28. The van der Waals surface area contributed by atoms with Crippen molar-refractivity contribution in [1.29, 1.82) is 0 Å². The summed E-state index contributed by atoms with van der Waals surface area (Å²) in [5.41, 5.74) is 9.03. The molecule has 0 bridgehead atoms. The first-order valence-corrected chi connectivity index (χ1v) is 7.64. The molecule has 1 aromatic carbocycles. The van der Waals surface area contributed by atoms with E-state index in [1.54, 1.807) is 0 Å². The highest BCUT2D eigenvalue weighted by molar-refractivity contribution is 5.39. The third kappa shape index (κ3) is 3.82. The van der Waals surface area contributed by atoms with Crippen molar-refractivity contribution in [3.63, 3.8) is 0 Å². The minimum Gasteiger partial charge on any atom is -0.439 e. The average molecular weight is 284 g/mol. The standard InChI is InChI=1S/C18H24N2O/c1-4-13(3)16-8-6-7-9-17(16)21-18-11-14(12-19)10-15(5-2)20-18/h6-11,13H,4-5,12,19H2,1-3H3. The number of benzene rings is 1. The van der Waals surface area contributed by atoms with Gasteiger partial charge < -0.3 is 10.5 Å². The van der Waals surface area contributed by atoms with Crippen LogP contribution < -0.4 is 10.5 Å². The zero-order chi connectivity index (χ0) is 15.2. The second-order valence-corrected chi connectivity index (χ2v) is 5.31. The molecule has 1 atom stereocenters. The summed E-state index contributed by atoms with van der Waals surface area (Å²) in [6, 6.07) is 12.1. The fraction of sp³-hybridized carbons (Fsp3) is 0.389. The topological polar surface area (TPSA) is 48.1 Å². The number of rotatable bonds is 6. The predicted molar refractivity (Wildman–Crippen MR) is 86.7 cm³/mol. The molecule has 0 saturated carbocycles. The Morgan fingerprint density at radius 3 is 2.62 bits per heavy atom. The van der Waals surface area contributed by atoms with Gasteiger partial charge in [-0.1, -0.05) is 39.0 Å². The van der Waals surface area contributed by atoms with Gasteiger partial charge in [-0.15, -0.1) is 0 Å². The molecule has 1 heterocycles. The van der Waals surface area contributed by atoms with E-state index in [4.69, 9.17) is 10.5 Å². The van der Waals surface area contributed by atoms with Crippen LogP contribution in [0.15, 0.2) is 36.4 Å². The Kier molecular flexibility index (Phi) is 5.34. The molecule has 1 aromatic heterocycles. The van der Waals surface area contributed by atoms with Gasteiger partial charge in [-0.3, -0.25) is 0 Å². The molecule has 0 aliphatic carbocycles. The van der Waals surface area contributed by atoms with E-state index in [0.29, 0.717) is 18.3 Å². The fourth-order valence-electron chi connectivity index (χ4n) is 2.28. The number of nitrogens with zero attached hydrogens (tertiary/aromatic N) is 1. The molecule has 2 rings (SSSR count). The zero-order valence-corrected chi connectivity index (χ0v) is 13.1. The number of para-hydroxylation sites is 1. The highest BCUT2D eigenvalue weighted by Crippen LogP contribution is 2.31. The van der Waals surface area contributed by atoms with E-state index < -0.39 is 0 Å². The van der Waals surface area contributed by atoms with Gasteiger partial charge in [0.2, 0.25) is 5.88 Å². The normalized spacial score (nSPS) is 12.2. The van der Waals surface area contributed by atoms with E-state index in [1.165, 1.54) is 5.56 Å². The van der Waals surface area contributed by atoms with Crippen molar-refractivity contribution in [2.75, 3.05) is 0 Å². The first kappa shape index (κ1) is 15.5. The van der Waals surface area contributed by atoms with Crippen LogP contribution in [0.1, 0.15) is 49.9 Å². The average Bonchev–Trinajstić information content (AvgIpc) is 2.54. The van der Waals surface area contributed by atoms with Gasteiger partial charge >= 0.3 is 0 Å². The number of ether oxygens (including phenoxy) is 1. The van der Waals surface area contributed by atoms with Crippen molar-refractivity contribution in [1.82, 2.24) is 4.98 Å². The van der Waals surface area contributed by atoms with Crippen LogP contribution in [0.2, 0.25) is 0 Å². The van der Waals surface area contributed by atoms with E-state index in [0.717, 1.165) is 29.8 Å². The van der Waals surface area contributed by atoms with Gasteiger partial charge in [0.1, 0.15) is 5.75 Å². The Morgan fingerprint density at radius 2 is 1.95 bits per heavy atom. The van der Waals surface area contributed by atoms with Gasteiger partial charge in [-0.2, -0.15) is 0 Å². The molecule has 2 aromatic rings. The largest absolute Gasteiger partial charge is 0.439 e. The molecule has 2 N–H and O–H groups in total. The summed E-state index contributed by atoms with van der Waals surface area (Å²) in [5, 5.41) is 0. The minimum absolute atomic E-state index is 0.463. The lowest BCUT2D eigenvalue weighted by molar-refractivity contribution is 0.449. The van der Waals surface area contributed by atoms with Crippen LogP contribution in [-0.2, 0) is 13.0 Å². The lowest BCUT2D eigenvalue weighted by Crippen LogP contribution is -2.02. The van der Waals surface area contributed by atoms with Crippen LogP contribution in [-0.4, -0.2) is 4.98 Å². The second-order valence-electron chi connectivity index (χ2n) is 5.31. The van der Waals surface area contributed by atoms with Crippen molar-refractivity contribution < 1.29 is 4.74 Å². The van der Waals surface area contributed by atoms with E-state index in [9.17, 15) is 0 Å². The van der Waals surface area contributed by atoms with Crippen molar-refractivity contribution >= 4 is 0 Å². The minimum atomic E-state index is 0.463.